The van der Waals surface area contributed by atoms with Crippen LogP contribution in [0.2, 0.25) is 0 Å². The number of ether oxygens (including phenoxy) is 1. The number of likely N-dealkylation sites (N-methyl/N-ethyl adjacent to an activating group) is 1. The number of nitrogens with two attached hydrogens (primary N) is 1. The number of morpholine rings is 1. The number of carbonyl (C=O) groups is 2. The van der Waals surface area contributed by atoms with Crippen molar-refractivity contribution in [3.8, 4) is 0 Å². The molecule has 0 radical (unpaired) electrons. The van der Waals surface area contributed by atoms with Crippen LogP contribution in [0, 0.1) is 5.92 Å². The normalized spacial score (nSPS) is 21.5. The molecule has 0 aromatic rings. The van der Waals surface area contributed by atoms with Crippen LogP contribution in [0.25, 0.3) is 0 Å². The summed E-state index contributed by atoms with van der Waals surface area (Å²) in [6.07, 6.45) is 1.66. The van der Waals surface area contributed by atoms with E-state index in [9.17, 15) is 9.59 Å². The van der Waals surface area contributed by atoms with Gasteiger partial charge in [-0.1, -0.05) is 13.3 Å². The summed E-state index contributed by atoms with van der Waals surface area (Å²) in [5.74, 6) is -0.410. The van der Waals surface area contributed by atoms with Crippen LogP contribution in [0.4, 0.5) is 0 Å². The summed E-state index contributed by atoms with van der Waals surface area (Å²) in [6.45, 7) is 3.53. The molecule has 6 nitrogen and oxygen atoms in total. The maximum atomic E-state index is 12.4. The molecular weight excluding hydrogens is 234 g/mol. The van der Waals surface area contributed by atoms with E-state index in [2.05, 4.69) is 5.32 Å². The first-order chi connectivity index (χ1) is 8.65. The van der Waals surface area contributed by atoms with Crippen LogP contribution in [0.1, 0.15) is 19.8 Å². The minimum absolute atomic E-state index is 0.0312. The van der Waals surface area contributed by atoms with Crippen LogP contribution >= 0.6 is 0 Å². The SMILES string of the molecule is CCCC(CN)C(=O)N1CCOCC1C(=O)NC. The van der Waals surface area contributed by atoms with Crippen molar-refractivity contribution in [3.05, 3.63) is 0 Å². The minimum atomic E-state index is -0.526. The molecule has 0 spiro atoms. The van der Waals surface area contributed by atoms with Gasteiger partial charge in [-0.2, -0.15) is 0 Å². The zero-order valence-corrected chi connectivity index (χ0v) is 11.1. The number of rotatable bonds is 5. The van der Waals surface area contributed by atoms with Gasteiger partial charge < -0.3 is 20.7 Å². The van der Waals surface area contributed by atoms with E-state index in [4.69, 9.17) is 10.5 Å². The summed E-state index contributed by atoms with van der Waals surface area (Å²) in [7, 11) is 1.56. The molecule has 1 heterocycles. The largest absolute Gasteiger partial charge is 0.377 e. The molecule has 0 aliphatic carbocycles. The number of nitrogens with zero attached hydrogens (tertiary/aromatic N) is 1. The highest BCUT2D eigenvalue weighted by Crippen LogP contribution is 2.15. The van der Waals surface area contributed by atoms with Gasteiger partial charge in [0.1, 0.15) is 6.04 Å². The van der Waals surface area contributed by atoms with E-state index >= 15 is 0 Å². The Labute approximate surface area is 108 Å². The Bertz CT molecular complexity index is 296. The molecule has 6 heteroatoms. The topological polar surface area (TPSA) is 84.7 Å². The number of amides is 2. The first-order valence-corrected chi connectivity index (χ1v) is 6.45. The van der Waals surface area contributed by atoms with Gasteiger partial charge in [0.05, 0.1) is 19.1 Å². The van der Waals surface area contributed by atoms with Crippen LogP contribution in [-0.4, -0.2) is 56.1 Å². The molecule has 2 unspecified atom stereocenters. The Hall–Kier alpha value is -1.14. The highest BCUT2D eigenvalue weighted by atomic mass is 16.5. The zero-order valence-electron chi connectivity index (χ0n) is 11.1. The molecule has 3 N–H and O–H groups in total. The Morgan fingerprint density at radius 1 is 1.56 bits per heavy atom. The van der Waals surface area contributed by atoms with Crippen molar-refractivity contribution >= 4 is 11.8 Å². The molecule has 1 aliphatic rings. The van der Waals surface area contributed by atoms with Crippen molar-refractivity contribution in [2.24, 2.45) is 11.7 Å². The van der Waals surface area contributed by atoms with Crippen molar-refractivity contribution in [3.63, 3.8) is 0 Å². The summed E-state index contributed by atoms with van der Waals surface area (Å²) >= 11 is 0. The van der Waals surface area contributed by atoms with E-state index in [1.54, 1.807) is 11.9 Å². The van der Waals surface area contributed by atoms with Crippen molar-refractivity contribution in [2.45, 2.75) is 25.8 Å². The lowest BCUT2D eigenvalue weighted by Crippen LogP contribution is -2.57. The monoisotopic (exact) mass is 257 g/mol. The number of nitrogens with one attached hydrogen (secondary N) is 1. The average Bonchev–Trinajstić information content (AvgIpc) is 2.43. The Kier molecular flexibility index (Phi) is 6.07. The van der Waals surface area contributed by atoms with Crippen LogP contribution in [-0.2, 0) is 14.3 Å². The molecule has 0 aromatic carbocycles. The van der Waals surface area contributed by atoms with Gasteiger partial charge in [0, 0.05) is 20.1 Å². The molecule has 0 bridgehead atoms. The fourth-order valence-corrected chi connectivity index (χ4v) is 2.18. The van der Waals surface area contributed by atoms with E-state index in [0.29, 0.717) is 19.7 Å². The van der Waals surface area contributed by atoms with Crippen LogP contribution in [0.15, 0.2) is 0 Å². The summed E-state index contributed by atoms with van der Waals surface area (Å²) in [4.78, 5) is 25.7. The molecule has 0 saturated carbocycles. The third-order valence-electron chi connectivity index (χ3n) is 3.23. The molecule has 2 amide bonds. The van der Waals surface area contributed by atoms with Crippen LogP contribution < -0.4 is 11.1 Å². The highest BCUT2D eigenvalue weighted by Gasteiger charge is 2.34. The lowest BCUT2D eigenvalue weighted by Gasteiger charge is -2.36. The molecule has 1 fully saturated rings. The smallest absolute Gasteiger partial charge is 0.244 e. The molecule has 18 heavy (non-hydrogen) atoms. The summed E-state index contributed by atoms with van der Waals surface area (Å²) < 4.78 is 5.27. The Balaban J connectivity index is 2.75. The molecule has 1 saturated heterocycles. The van der Waals surface area contributed by atoms with Crippen molar-refractivity contribution < 1.29 is 14.3 Å². The van der Waals surface area contributed by atoms with Crippen molar-refractivity contribution in [2.75, 3.05) is 33.4 Å². The van der Waals surface area contributed by atoms with Gasteiger partial charge in [-0.25, -0.2) is 0 Å². The second kappa shape index (κ2) is 7.33. The number of hydrogen-bond acceptors (Lipinski definition) is 4. The van der Waals surface area contributed by atoms with E-state index in [1.807, 2.05) is 6.92 Å². The number of hydrogen-bond donors (Lipinski definition) is 2. The van der Waals surface area contributed by atoms with E-state index < -0.39 is 6.04 Å². The molecule has 1 rings (SSSR count). The second-order valence-corrected chi connectivity index (χ2v) is 4.46. The quantitative estimate of drug-likeness (QED) is 0.684. The molecular formula is C12H23N3O3. The van der Waals surface area contributed by atoms with E-state index in [0.717, 1.165) is 12.8 Å². The van der Waals surface area contributed by atoms with Gasteiger partial charge >= 0.3 is 0 Å². The molecule has 2 atom stereocenters. The second-order valence-electron chi connectivity index (χ2n) is 4.46. The van der Waals surface area contributed by atoms with Gasteiger partial charge in [0.2, 0.25) is 11.8 Å². The average molecular weight is 257 g/mol. The lowest BCUT2D eigenvalue weighted by molar-refractivity contribution is -0.151. The third kappa shape index (κ3) is 3.43. The van der Waals surface area contributed by atoms with Crippen LogP contribution in [0.5, 0.6) is 0 Å². The predicted molar refractivity (Wildman–Crippen MR) is 67.8 cm³/mol. The van der Waals surface area contributed by atoms with Gasteiger partial charge in [0.15, 0.2) is 0 Å². The number of carbonyl (C=O) groups excluding carboxylic acids is 2. The summed E-state index contributed by atoms with van der Waals surface area (Å²) in [5.41, 5.74) is 5.64. The standard InChI is InChI=1S/C12H23N3O3/c1-3-4-9(7-13)12(17)15-5-6-18-8-10(15)11(16)14-2/h9-10H,3-8,13H2,1-2H3,(H,14,16). The fraction of sp³-hybridized carbons (Fsp3) is 0.833. The maximum Gasteiger partial charge on any atom is 0.244 e. The summed E-state index contributed by atoms with van der Waals surface area (Å²) in [5, 5.41) is 2.56. The first-order valence-electron chi connectivity index (χ1n) is 6.45. The predicted octanol–water partition coefficient (Wildman–Crippen LogP) is -0.665. The lowest BCUT2D eigenvalue weighted by atomic mass is 10.0. The van der Waals surface area contributed by atoms with Gasteiger partial charge in [-0.15, -0.1) is 0 Å². The Morgan fingerprint density at radius 3 is 2.83 bits per heavy atom. The Morgan fingerprint density at radius 2 is 2.28 bits per heavy atom. The van der Waals surface area contributed by atoms with Gasteiger partial charge in [-0.05, 0) is 6.42 Å². The maximum absolute atomic E-state index is 12.4. The van der Waals surface area contributed by atoms with Gasteiger partial charge in [0.25, 0.3) is 0 Å². The van der Waals surface area contributed by atoms with E-state index in [-0.39, 0.29) is 24.3 Å². The fourth-order valence-electron chi connectivity index (χ4n) is 2.18. The molecule has 1 aliphatic heterocycles. The van der Waals surface area contributed by atoms with Crippen molar-refractivity contribution in [1.29, 1.82) is 0 Å². The minimum Gasteiger partial charge on any atom is -0.377 e. The molecule has 0 aromatic heterocycles. The highest BCUT2D eigenvalue weighted by molar-refractivity contribution is 5.88. The van der Waals surface area contributed by atoms with Crippen LogP contribution in [0.3, 0.4) is 0 Å². The van der Waals surface area contributed by atoms with E-state index in [1.165, 1.54) is 0 Å². The first kappa shape index (κ1) is 14.9. The summed E-state index contributed by atoms with van der Waals surface area (Å²) in [6, 6.07) is -0.526. The third-order valence-corrected chi connectivity index (χ3v) is 3.23. The van der Waals surface area contributed by atoms with Gasteiger partial charge in [-0.3, -0.25) is 9.59 Å². The molecule has 104 valence electrons. The van der Waals surface area contributed by atoms with Crippen molar-refractivity contribution in [1.82, 2.24) is 10.2 Å². The zero-order chi connectivity index (χ0) is 13.5.